The van der Waals surface area contributed by atoms with Crippen molar-refractivity contribution in [3.63, 3.8) is 0 Å². The first-order valence-corrected chi connectivity index (χ1v) is 9.29. The van der Waals surface area contributed by atoms with Gasteiger partial charge >= 0.3 is 0 Å². The van der Waals surface area contributed by atoms with E-state index in [0.29, 0.717) is 12.0 Å². The number of fused-ring (bicyclic) bond motifs is 1. The van der Waals surface area contributed by atoms with Gasteiger partial charge in [-0.3, -0.25) is 5.10 Å². The Morgan fingerprint density at radius 3 is 2.84 bits per heavy atom. The molecule has 0 amide bonds. The van der Waals surface area contributed by atoms with Crippen LogP contribution in [0, 0.1) is 5.41 Å². The van der Waals surface area contributed by atoms with Gasteiger partial charge in [0.05, 0.1) is 5.60 Å². The number of nitrogens with zero attached hydrogens (tertiary/aromatic N) is 4. The average Bonchev–Trinajstić information content (AvgIpc) is 3.44. The fourth-order valence-corrected chi connectivity index (χ4v) is 4.75. The van der Waals surface area contributed by atoms with Crippen molar-refractivity contribution in [2.75, 3.05) is 16.8 Å². The molecule has 5 fully saturated rings. The molecule has 0 atom stereocenters. The van der Waals surface area contributed by atoms with E-state index in [1.807, 2.05) is 6.07 Å². The van der Waals surface area contributed by atoms with E-state index in [1.54, 1.807) is 6.20 Å². The lowest BCUT2D eigenvalue weighted by Crippen LogP contribution is -2.45. The van der Waals surface area contributed by atoms with Crippen LogP contribution in [-0.2, 0) is 0 Å². The number of H-pyrrole nitrogens is 1. The molecule has 2 bridgehead atoms. The van der Waals surface area contributed by atoms with E-state index in [0.717, 1.165) is 49.8 Å². The van der Waals surface area contributed by atoms with E-state index >= 15 is 0 Å². The van der Waals surface area contributed by atoms with Crippen LogP contribution in [0.3, 0.4) is 0 Å². The van der Waals surface area contributed by atoms with Crippen molar-refractivity contribution in [2.24, 2.45) is 5.41 Å². The average molecular weight is 338 g/mol. The van der Waals surface area contributed by atoms with Crippen molar-refractivity contribution in [3.8, 4) is 0 Å². The lowest BCUT2D eigenvalue weighted by molar-refractivity contribution is -0.0243. The minimum Gasteiger partial charge on any atom is -0.389 e. The largest absolute Gasteiger partial charge is 0.389 e. The summed E-state index contributed by atoms with van der Waals surface area (Å²) in [5, 5.41) is 21.3. The first-order chi connectivity index (χ1) is 12.1. The topological polar surface area (TPSA) is 90.0 Å². The van der Waals surface area contributed by atoms with E-state index in [9.17, 15) is 5.11 Å². The zero-order valence-corrected chi connectivity index (χ0v) is 14.1. The fourth-order valence-electron chi connectivity index (χ4n) is 4.75. The molecule has 2 aromatic rings. The molecule has 25 heavy (non-hydrogen) atoms. The van der Waals surface area contributed by atoms with Crippen molar-refractivity contribution in [1.29, 1.82) is 0 Å². The number of rotatable bonds is 5. The quantitative estimate of drug-likeness (QED) is 0.775. The Bertz CT molecular complexity index is 834. The van der Waals surface area contributed by atoms with Crippen LogP contribution >= 0.6 is 0 Å². The zero-order valence-electron chi connectivity index (χ0n) is 14.1. The van der Waals surface area contributed by atoms with Gasteiger partial charge in [0, 0.05) is 41.9 Å². The van der Waals surface area contributed by atoms with E-state index < -0.39 is 5.60 Å². The molecule has 0 radical (unpaired) electrons. The Hall–Kier alpha value is -2.15. The summed E-state index contributed by atoms with van der Waals surface area (Å²) in [5.41, 5.74) is 0.880. The van der Waals surface area contributed by atoms with Crippen molar-refractivity contribution < 1.29 is 5.11 Å². The highest BCUT2D eigenvalue weighted by Gasteiger charge is 2.69. The summed E-state index contributed by atoms with van der Waals surface area (Å²) in [7, 11) is 0. The van der Waals surface area contributed by atoms with Gasteiger partial charge in [-0.15, -0.1) is 0 Å². The Balaban J connectivity index is 1.21. The van der Waals surface area contributed by atoms with E-state index in [2.05, 4.69) is 31.5 Å². The van der Waals surface area contributed by atoms with Gasteiger partial charge < -0.3 is 15.3 Å². The number of anilines is 3. The maximum Gasteiger partial charge on any atom is 0.227 e. The maximum atomic E-state index is 10.6. The second-order valence-corrected chi connectivity index (χ2v) is 8.35. The first-order valence-electron chi connectivity index (χ1n) is 9.29. The van der Waals surface area contributed by atoms with E-state index in [-0.39, 0.29) is 5.41 Å². The Kier molecular flexibility index (Phi) is 2.54. The van der Waals surface area contributed by atoms with Crippen LogP contribution in [0.4, 0.5) is 17.6 Å². The minimum atomic E-state index is -0.414. The molecule has 7 heteroatoms. The van der Waals surface area contributed by atoms with Gasteiger partial charge in [0.15, 0.2) is 5.82 Å². The van der Waals surface area contributed by atoms with Crippen molar-refractivity contribution in [1.82, 2.24) is 20.2 Å². The smallest absolute Gasteiger partial charge is 0.227 e. The third-order valence-electron chi connectivity index (χ3n) is 6.65. The minimum absolute atomic E-state index is 0.0891. The highest BCUT2D eigenvalue weighted by Crippen LogP contribution is 2.65. The molecular weight excluding hydrogens is 316 g/mol. The van der Waals surface area contributed by atoms with Crippen molar-refractivity contribution in [2.45, 2.75) is 56.1 Å². The predicted octanol–water partition coefficient (Wildman–Crippen LogP) is 2.31. The molecule has 7 nitrogen and oxygen atoms in total. The molecule has 4 heterocycles. The number of hydrogen-bond donors (Lipinski definition) is 3. The van der Waals surface area contributed by atoms with Gasteiger partial charge in [0.25, 0.3) is 0 Å². The molecule has 5 aliphatic rings. The zero-order chi connectivity index (χ0) is 16.6. The number of aromatic nitrogens is 4. The summed E-state index contributed by atoms with van der Waals surface area (Å²) in [5.74, 6) is 2.99. The SMILES string of the molecule is OC1(C23CC(C2)N(c2nccc(Nc4cc(C5CC5)[nH]n4)n2)C3)CC1. The molecule has 0 spiro atoms. The second kappa shape index (κ2) is 4.52. The monoisotopic (exact) mass is 338 g/mol. The Labute approximate surface area is 145 Å². The Morgan fingerprint density at radius 1 is 1.24 bits per heavy atom. The molecule has 130 valence electrons. The third-order valence-corrected chi connectivity index (χ3v) is 6.65. The summed E-state index contributed by atoms with van der Waals surface area (Å²) in [6.45, 7) is 0.881. The highest BCUT2D eigenvalue weighted by atomic mass is 16.3. The molecule has 2 saturated heterocycles. The van der Waals surface area contributed by atoms with E-state index in [4.69, 9.17) is 4.98 Å². The van der Waals surface area contributed by atoms with Gasteiger partial charge in [-0.05, 0) is 44.6 Å². The van der Waals surface area contributed by atoms with Gasteiger partial charge in [0.2, 0.25) is 5.95 Å². The number of hydrogen-bond acceptors (Lipinski definition) is 6. The van der Waals surface area contributed by atoms with Crippen molar-refractivity contribution in [3.05, 3.63) is 24.0 Å². The van der Waals surface area contributed by atoms with Gasteiger partial charge in [0.1, 0.15) is 5.82 Å². The summed E-state index contributed by atoms with van der Waals surface area (Å²) < 4.78 is 0. The molecule has 3 N–H and O–H groups in total. The fraction of sp³-hybridized carbons (Fsp3) is 0.611. The molecule has 2 aliphatic heterocycles. The number of nitrogens with one attached hydrogen (secondary N) is 2. The van der Waals surface area contributed by atoms with Crippen LogP contribution in [0.15, 0.2) is 18.3 Å². The lowest BCUT2D eigenvalue weighted by Gasteiger charge is -2.41. The summed E-state index contributed by atoms with van der Waals surface area (Å²) in [6.07, 6.45) is 8.38. The van der Waals surface area contributed by atoms with Gasteiger partial charge in [-0.2, -0.15) is 10.1 Å². The molecule has 2 aromatic heterocycles. The predicted molar refractivity (Wildman–Crippen MR) is 92.9 cm³/mol. The molecular formula is C18H22N6O. The summed E-state index contributed by atoms with van der Waals surface area (Å²) >= 11 is 0. The summed E-state index contributed by atoms with van der Waals surface area (Å²) in [6, 6.07) is 4.43. The number of aliphatic hydroxyl groups is 1. The maximum absolute atomic E-state index is 10.6. The van der Waals surface area contributed by atoms with Crippen molar-refractivity contribution >= 4 is 17.6 Å². The first kappa shape index (κ1) is 14.1. The van der Waals surface area contributed by atoms with Gasteiger partial charge in [-0.25, -0.2) is 4.98 Å². The number of aromatic amines is 1. The standard InChI is InChI=1S/C18H22N6O/c25-18(4-5-18)17-8-12(9-17)24(10-17)16-19-6-3-14(21-16)20-15-7-13(22-23-15)11-1-2-11/h3,6-7,11-12,25H,1-2,4-5,8-10H2,(H2,19,20,21,22,23). The second-order valence-electron chi connectivity index (χ2n) is 8.35. The van der Waals surface area contributed by atoms with Crippen LogP contribution in [0.2, 0.25) is 0 Å². The normalized spacial score (nSPS) is 31.7. The van der Waals surface area contributed by atoms with Gasteiger partial charge in [-0.1, -0.05) is 0 Å². The van der Waals surface area contributed by atoms with Crippen LogP contribution in [0.25, 0.3) is 0 Å². The third kappa shape index (κ3) is 2.05. The van der Waals surface area contributed by atoms with Crippen LogP contribution in [0.5, 0.6) is 0 Å². The molecule has 0 aromatic carbocycles. The summed E-state index contributed by atoms with van der Waals surface area (Å²) in [4.78, 5) is 11.5. The lowest BCUT2D eigenvalue weighted by atomic mass is 9.65. The van der Waals surface area contributed by atoms with Crippen LogP contribution < -0.4 is 10.2 Å². The molecule has 3 aliphatic carbocycles. The van der Waals surface area contributed by atoms with Crippen LogP contribution in [0.1, 0.15) is 50.1 Å². The molecule has 3 saturated carbocycles. The highest BCUT2D eigenvalue weighted by molar-refractivity contribution is 5.55. The van der Waals surface area contributed by atoms with Crippen LogP contribution in [-0.4, -0.2) is 43.5 Å². The molecule has 7 rings (SSSR count). The van der Waals surface area contributed by atoms with E-state index in [1.165, 1.54) is 18.5 Å². The molecule has 0 unspecified atom stereocenters. The Morgan fingerprint density at radius 2 is 2.08 bits per heavy atom.